The van der Waals surface area contributed by atoms with Crippen molar-refractivity contribution in [3.05, 3.63) is 29.8 Å². The zero-order valence-corrected chi connectivity index (χ0v) is 11.4. The van der Waals surface area contributed by atoms with Crippen molar-refractivity contribution in [1.82, 2.24) is 4.90 Å². The minimum atomic E-state index is 0.832. The van der Waals surface area contributed by atoms with Gasteiger partial charge in [0, 0.05) is 18.3 Å². The first-order valence-corrected chi connectivity index (χ1v) is 7.76. The lowest BCUT2D eigenvalue weighted by atomic mass is 10.2. The summed E-state index contributed by atoms with van der Waals surface area (Å²) in [5.41, 5.74) is 8.05. The summed E-state index contributed by atoms with van der Waals surface area (Å²) in [6.07, 6.45) is 6.22. The summed E-state index contributed by atoms with van der Waals surface area (Å²) in [6.45, 7) is 2.28. The van der Waals surface area contributed by atoms with Gasteiger partial charge in [0.15, 0.2) is 0 Å². The van der Waals surface area contributed by atoms with Crippen molar-refractivity contribution >= 4 is 17.4 Å². The van der Waals surface area contributed by atoms with E-state index >= 15 is 0 Å². The molecule has 0 heterocycles. The van der Waals surface area contributed by atoms with Crippen molar-refractivity contribution in [1.29, 1.82) is 0 Å². The number of hydrogen-bond acceptors (Lipinski definition) is 3. The normalized spacial score (nSPS) is 15.4. The highest BCUT2D eigenvalue weighted by Gasteiger charge is 2.28. The molecule has 0 aliphatic heterocycles. The highest BCUT2D eigenvalue weighted by molar-refractivity contribution is 7.98. The first-order valence-electron chi connectivity index (χ1n) is 6.37. The maximum Gasteiger partial charge on any atom is 0.0317 e. The summed E-state index contributed by atoms with van der Waals surface area (Å²) in [5, 5.41) is 0. The second kappa shape index (κ2) is 6.31. The zero-order valence-electron chi connectivity index (χ0n) is 10.6. The molecule has 94 valence electrons. The molecule has 2 rings (SSSR count). The summed E-state index contributed by atoms with van der Waals surface area (Å²) in [7, 11) is 0. The number of nitrogen functional groups attached to an aromatic ring is 1. The molecule has 0 atom stereocenters. The van der Waals surface area contributed by atoms with Crippen LogP contribution < -0.4 is 5.73 Å². The molecule has 1 aromatic carbocycles. The van der Waals surface area contributed by atoms with Crippen LogP contribution >= 0.6 is 11.8 Å². The molecule has 1 aliphatic carbocycles. The van der Waals surface area contributed by atoms with Gasteiger partial charge in [-0.15, -0.1) is 0 Å². The first kappa shape index (κ1) is 12.8. The number of hydrogen-bond donors (Lipinski definition) is 1. The largest absolute Gasteiger partial charge is 0.399 e. The smallest absolute Gasteiger partial charge is 0.0317 e. The third kappa shape index (κ3) is 4.25. The van der Waals surface area contributed by atoms with Gasteiger partial charge < -0.3 is 5.73 Å². The lowest BCUT2D eigenvalue weighted by Crippen LogP contribution is -2.27. The zero-order chi connectivity index (χ0) is 12.1. The molecule has 1 fully saturated rings. The molecule has 0 spiro atoms. The van der Waals surface area contributed by atoms with Gasteiger partial charge in [-0.1, -0.05) is 12.1 Å². The third-order valence-electron chi connectivity index (χ3n) is 3.19. The van der Waals surface area contributed by atoms with Gasteiger partial charge in [-0.2, -0.15) is 11.8 Å². The Labute approximate surface area is 109 Å². The number of nitrogens with zero attached hydrogens (tertiary/aromatic N) is 1. The fourth-order valence-corrected chi connectivity index (χ4v) is 2.59. The van der Waals surface area contributed by atoms with E-state index in [1.807, 2.05) is 17.8 Å². The molecule has 0 bridgehead atoms. The Kier molecular flexibility index (Phi) is 4.75. The van der Waals surface area contributed by atoms with Crippen molar-refractivity contribution in [3.63, 3.8) is 0 Å². The van der Waals surface area contributed by atoms with Crippen molar-refractivity contribution in [2.75, 3.05) is 24.3 Å². The molecule has 0 saturated heterocycles. The lowest BCUT2D eigenvalue weighted by Gasteiger charge is -2.22. The maximum absolute atomic E-state index is 5.83. The molecule has 1 aromatic rings. The van der Waals surface area contributed by atoms with Crippen LogP contribution in [-0.2, 0) is 6.54 Å². The van der Waals surface area contributed by atoms with Gasteiger partial charge in [0.2, 0.25) is 0 Å². The van der Waals surface area contributed by atoms with Crippen molar-refractivity contribution in [3.8, 4) is 0 Å². The summed E-state index contributed by atoms with van der Waals surface area (Å²) >= 11 is 1.94. The van der Waals surface area contributed by atoms with E-state index in [1.165, 1.54) is 37.1 Å². The monoisotopic (exact) mass is 250 g/mol. The molecule has 3 heteroatoms. The molecule has 0 radical (unpaired) electrons. The highest BCUT2D eigenvalue weighted by atomic mass is 32.2. The van der Waals surface area contributed by atoms with Crippen molar-refractivity contribution in [2.24, 2.45) is 0 Å². The minimum absolute atomic E-state index is 0.832. The summed E-state index contributed by atoms with van der Waals surface area (Å²) in [4.78, 5) is 2.62. The topological polar surface area (TPSA) is 29.3 Å². The van der Waals surface area contributed by atoms with Crippen LogP contribution in [-0.4, -0.2) is 29.5 Å². The van der Waals surface area contributed by atoms with Gasteiger partial charge in [-0.05, 0) is 55.5 Å². The maximum atomic E-state index is 5.83. The Morgan fingerprint density at radius 1 is 1.41 bits per heavy atom. The molecule has 0 aromatic heterocycles. The van der Waals surface area contributed by atoms with E-state index < -0.39 is 0 Å². The number of rotatable bonds is 7. The first-order chi connectivity index (χ1) is 8.29. The SMILES string of the molecule is CSCCCN(Cc1cccc(N)c1)C1CC1. The number of thioether (sulfide) groups is 1. The van der Waals surface area contributed by atoms with Crippen molar-refractivity contribution in [2.45, 2.75) is 31.8 Å². The number of nitrogens with two attached hydrogens (primary N) is 1. The molecule has 0 unspecified atom stereocenters. The van der Waals surface area contributed by atoms with E-state index in [1.54, 1.807) is 0 Å². The highest BCUT2D eigenvalue weighted by Crippen LogP contribution is 2.28. The quantitative estimate of drug-likeness (QED) is 0.596. The molecule has 2 nitrogen and oxygen atoms in total. The van der Waals surface area contributed by atoms with Crippen LogP contribution in [0.3, 0.4) is 0 Å². The van der Waals surface area contributed by atoms with E-state index in [2.05, 4.69) is 29.4 Å². The summed E-state index contributed by atoms with van der Waals surface area (Å²) in [5.74, 6) is 1.26. The molecule has 17 heavy (non-hydrogen) atoms. The molecular formula is C14H22N2S. The van der Waals surface area contributed by atoms with Crippen LogP contribution in [0.1, 0.15) is 24.8 Å². The Balaban J connectivity index is 1.88. The Hall–Kier alpha value is -0.670. The second-order valence-corrected chi connectivity index (χ2v) is 5.78. The Morgan fingerprint density at radius 3 is 2.88 bits per heavy atom. The molecule has 2 N–H and O–H groups in total. The van der Waals surface area contributed by atoms with Crippen LogP contribution in [0.15, 0.2) is 24.3 Å². The van der Waals surface area contributed by atoms with Gasteiger partial charge in [-0.25, -0.2) is 0 Å². The van der Waals surface area contributed by atoms with E-state index in [0.29, 0.717) is 0 Å². The second-order valence-electron chi connectivity index (χ2n) is 4.79. The molecular weight excluding hydrogens is 228 g/mol. The van der Waals surface area contributed by atoms with Crippen LogP contribution in [0.25, 0.3) is 0 Å². The molecule has 1 saturated carbocycles. The van der Waals surface area contributed by atoms with E-state index in [-0.39, 0.29) is 0 Å². The van der Waals surface area contributed by atoms with Gasteiger partial charge in [0.05, 0.1) is 0 Å². The van der Waals surface area contributed by atoms with Crippen molar-refractivity contribution < 1.29 is 0 Å². The minimum Gasteiger partial charge on any atom is -0.399 e. The van der Waals surface area contributed by atoms with Gasteiger partial charge in [0.1, 0.15) is 0 Å². The summed E-state index contributed by atoms with van der Waals surface area (Å²) in [6, 6.07) is 9.12. The average molecular weight is 250 g/mol. The van der Waals surface area contributed by atoms with E-state index in [0.717, 1.165) is 18.3 Å². The Morgan fingerprint density at radius 2 is 2.24 bits per heavy atom. The molecule has 0 amide bonds. The Bertz CT molecular complexity index is 350. The number of anilines is 1. The fourth-order valence-electron chi connectivity index (χ4n) is 2.17. The van der Waals surface area contributed by atoms with Gasteiger partial charge in [0.25, 0.3) is 0 Å². The van der Waals surface area contributed by atoms with E-state index in [4.69, 9.17) is 5.73 Å². The van der Waals surface area contributed by atoms with Gasteiger partial charge >= 0.3 is 0 Å². The van der Waals surface area contributed by atoms with E-state index in [9.17, 15) is 0 Å². The van der Waals surface area contributed by atoms with Gasteiger partial charge in [-0.3, -0.25) is 4.90 Å². The predicted molar refractivity (Wildman–Crippen MR) is 77.3 cm³/mol. The van der Waals surface area contributed by atoms with Crippen LogP contribution in [0.5, 0.6) is 0 Å². The average Bonchev–Trinajstić information content (AvgIpc) is 3.12. The lowest BCUT2D eigenvalue weighted by molar-refractivity contribution is 0.256. The van der Waals surface area contributed by atoms with Crippen LogP contribution in [0.2, 0.25) is 0 Å². The number of benzene rings is 1. The predicted octanol–water partition coefficient (Wildman–Crippen LogP) is 2.99. The van der Waals surface area contributed by atoms with Crippen LogP contribution in [0.4, 0.5) is 5.69 Å². The molecule has 1 aliphatic rings. The third-order valence-corrected chi connectivity index (χ3v) is 3.89. The standard InChI is InChI=1S/C14H22N2S/c1-17-9-3-8-16(14-6-7-14)11-12-4-2-5-13(15)10-12/h2,4-5,10,14H,3,6-9,11,15H2,1H3. The van der Waals surface area contributed by atoms with Crippen LogP contribution in [0, 0.1) is 0 Å². The summed E-state index contributed by atoms with van der Waals surface area (Å²) < 4.78 is 0. The fraction of sp³-hybridized carbons (Fsp3) is 0.571.